The zero-order valence-corrected chi connectivity index (χ0v) is 49.1. The third-order valence-electron chi connectivity index (χ3n) is 13.6. The second kappa shape index (κ2) is 32.9. The Kier molecular flexibility index (Phi) is 24.7. The number of pyridine rings is 3. The number of anilines is 2. The number of nitrogens with two attached hydrogens (primary N) is 1. The first-order chi connectivity index (χ1) is 42.0. The van der Waals surface area contributed by atoms with Crippen molar-refractivity contribution < 1.29 is 43.3 Å². The summed E-state index contributed by atoms with van der Waals surface area (Å²) < 4.78 is 10.4. The number of hydrogen-bond donors (Lipinski definition) is 6. The lowest BCUT2D eigenvalue weighted by atomic mass is 10.0. The first-order valence-electron chi connectivity index (χ1n) is 28.3. The van der Waals surface area contributed by atoms with Crippen molar-refractivity contribution in [2.75, 3.05) is 11.1 Å². The molecule has 87 heavy (non-hydrogen) atoms. The Bertz CT molecular complexity index is 4210. The number of carbonyl (C=O) groups excluding carboxylic acids is 5. The normalized spacial score (nSPS) is 10.3. The van der Waals surface area contributed by atoms with Crippen LogP contribution in [-0.4, -0.2) is 55.4 Å². The molecule has 1 amide bonds. The van der Waals surface area contributed by atoms with Crippen LogP contribution in [-0.2, 0) is 51.5 Å². The van der Waals surface area contributed by atoms with Crippen molar-refractivity contribution in [1.29, 1.82) is 0 Å². The molecule has 17 nitrogen and oxygen atoms in total. The number of amides is 1. The van der Waals surface area contributed by atoms with Gasteiger partial charge in [-0.05, 0) is 89.5 Å². The molecule has 3 heterocycles. The van der Waals surface area contributed by atoms with E-state index in [2.05, 4.69) is 27.2 Å². The number of hydrogen-bond acceptors (Lipinski definition) is 12. The Balaban J connectivity index is 0.000000179. The molecular weight excluding hydrogens is 1100 g/mol. The molecule has 0 aliphatic carbocycles. The van der Waals surface area contributed by atoms with Crippen LogP contribution in [0.15, 0.2) is 202 Å². The summed E-state index contributed by atoms with van der Waals surface area (Å²) in [6, 6.07) is 56.7. The van der Waals surface area contributed by atoms with Crippen LogP contribution in [0.2, 0.25) is 0 Å². The van der Waals surface area contributed by atoms with E-state index in [0.717, 1.165) is 55.9 Å². The molecule has 7 aromatic carbocycles. The highest BCUT2D eigenvalue weighted by Crippen LogP contribution is 2.22. The van der Waals surface area contributed by atoms with Crippen molar-refractivity contribution in [3.05, 3.63) is 269 Å². The van der Waals surface area contributed by atoms with Gasteiger partial charge in [0.2, 0.25) is 11.5 Å². The van der Waals surface area contributed by atoms with Crippen LogP contribution in [0.25, 0.3) is 32.7 Å². The quantitative estimate of drug-likeness (QED) is 0.0227. The molecule has 10 rings (SSSR count). The van der Waals surface area contributed by atoms with Crippen molar-refractivity contribution in [2.45, 2.75) is 86.4 Å². The molecule has 0 fully saturated rings. The summed E-state index contributed by atoms with van der Waals surface area (Å²) in [4.78, 5) is 113. The minimum atomic E-state index is -1.18. The molecular formula is C70H69N5O12. The number of fused-ring (bicyclic) bond motifs is 3. The first-order valence-corrected chi connectivity index (χ1v) is 28.3. The topological polar surface area (TPSA) is 278 Å². The van der Waals surface area contributed by atoms with E-state index >= 15 is 0 Å². The predicted octanol–water partition coefficient (Wildman–Crippen LogP) is 12.5. The Morgan fingerprint density at radius 3 is 1.44 bits per heavy atom. The number of Topliss-reactive ketones (excluding diaryl/α,β-unsaturated/α-hetero) is 2. The third-order valence-corrected chi connectivity index (χ3v) is 13.6. The summed E-state index contributed by atoms with van der Waals surface area (Å²) in [5.41, 5.74) is 13.1. The van der Waals surface area contributed by atoms with Gasteiger partial charge in [0.1, 0.15) is 30.8 Å². The van der Waals surface area contributed by atoms with Gasteiger partial charge in [0.15, 0.2) is 11.6 Å². The molecule has 0 aliphatic heterocycles. The predicted molar refractivity (Wildman–Crippen MR) is 340 cm³/mol. The Hall–Kier alpha value is -10.8. The van der Waals surface area contributed by atoms with Gasteiger partial charge >= 0.3 is 17.9 Å². The molecule has 0 unspecified atom stereocenters. The van der Waals surface area contributed by atoms with E-state index in [0.29, 0.717) is 59.3 Å². The van der Waals surface area contributed by atoms with E-state index in [1.54, 1.807) is 61.5 Å². The maximum atomic E-state index is 12.4. The van der Waals surface area contributed by atoms with E-state index in [-0.39, 0.29) is 41.5 Å². The lowest BCUT2D eigenvalue weighted by Gasteiger charge is -2.11. The standard InChI is InChI=1S/C19H19NO4.C19H17NO3.C12H11NO3.C11H11NO.C9H11NO/c1-2-17(21)15-10-6-7-11-16(15)20-18(22)12-19(23)24-13-14-8-4-3-5-9-14;1-2-14-15-10-6-7-11-16(15)20-18(21)17(14)19(22)23-12-13-8-4-3-5-9-13;1-2-7-8-5-3-4-6-9(8)13-11(14)10(7)12(15)16;1-2-8-7-11(13)12-10-6-4-3-5-9(8)10;1-2-9(11)7-5-3-4-6-8(7)10/h3-11H,2,12-13H2,1H3,(H,20,22);3-11H,2,12H2,1H3,(H,20,21);3-6H,2H2,1H3,(H,13,14)(H,15,16);3-7H,2H2,1H3,(H,12,13);3-6H,2,10H2,1H3. The Morgan fingerprint density at radius 2 is 0.920 bits per heavy atom. The molecule has 0 bridgehead atoms. The average Bonchev–Trinajstić information content (AvgIpc) is 3.58. The molecule has 17 heteroatoms. The maximum Gasteiger partial charge on any atom is 0.344 e. The number of aryl methyl sites for hydroxylation is 3. The fourth-order valence-electron chi connectivity index (χ4n) is 9.25. The second-order valence-electron chi connectivity index (χ2n) is 19.4. The van der Waals surface area contributed by atoms with Crippen LogP contribution in [0.5, 0.6) is 0 Å². The van der Waals surface area contributed by atoms with E-state index in [1.807, 2.05) is 154 Å². The number of nitrogen functional groups attached to an aromatic ring is 1. The van der Waals surface area contributed by atoms with Gasteiger partial charge in [-0.2, -0.15) is 0 Å². The highest BCUT2D eigenvalue weighted by atomic mass is 16.5. The van der Waals surface area contributed by atoms with E-state index in [4.69, 9.17) is 20.3 Å². The van der Waals surface area contributed by atoms with Gasteiger partial charge in [0.05, 0.1) is 5.69 Å². The molecule has 10 aromatic rings. The number of para-hydroxylation sites is 5. The van der Waals surface area contributed by atoms with Gasteiger partial charge in [-0.3, -0.25) is 33.6 Å². The number of aromatic amines is 3. The molecule has 0 spiro atoms. The van der Waals surface area contributed by atoms with Crippen molar-refractivity contribution in [1.82, 2.24) is 15.0 Å². The molecule has 0 saturated heterocycles. The van der Waals surface area contributed by atoms with Crippen LogP contribution in [0.3, 0.4) is 0 Å². The Labute approximate surface area is 502 Å². The zero-order valence-electron chi connectivity index (χ0n) is 49.1. The van der Waals surface area contributed by atoms with Gasteiger partial charge < -0.3 is 40.6 Å². The molecule has 3 aromatic heterocycles. The molecule has 446 valence electrons. The van der Waals surface area contributed by atoms with Gasteiger partial charge in [-0.15, -0.1) is 0 Å². The number of ketones is 2. The largest absolute Gasteiger partial charge is 0.477 e. The lowest BCUT2D eigenvalue weighted by molar-refractivity contribution is -0.146. The summed E-state index contributed by atoms with van der Waals surface area (Å²) in [5.74, 6) is -2.86. The monoisotopic (exact) mass is 1170 g/mol. The molecule has 0 saturated carbocycles. The van der Waals surface area contributed by atoms with E-state index in [9.17, 15) is 43.2 Å². The molecule has 0 aliphatic rings. The lowest BCUT2D eigenvalue weighted by Crippen LogP contribution is -2.22. The third kappa shape index (κ3) is 18.3. The van der Waals surface area contributed by atoms with Crippen LogP contribution in [0.4, 0.5) is 11.4 Å². The average molecular weight is 1170 g/mol. The molecule has 7 N–H and O–H groups in total. The first kappa shape index (κ1) is 65.3. The van der Waals surface area contributed by atoms with Gasteiger partial charge in [0, 0.05) is 68.4 Å². The summed E-state index contributed by atoms with van der Waals surface area (Å²) in [6.45, 7) is 9.67. The summed E-state index contributed by atoms with van der Waals surface area (Å²) in [5, 5.41) is 14.4. The number of ether oxygens (including phenoxy) is 2. The van der Waals surface area contributed by atoms with Crippen LogP contribution >= 0.6 is 0 Å². The number of esters is 2. The number of aromatic carboxylic acids is 1. The summed E-state index contributed by atoms with van der Waals surface area (Å²) >= 11 is 0. The number of H-pyrrole nitrogens is 3. The fraction of sp³-hybridized carbons (Fsp3) is 0.186. The highest BCUT2D eigenvalue weighted by molar-refractivity contribution is 6.08. The summed E-state index contributed by atoms with van der Waals surface area (Å²) in [7, 11) is 0. The number of rotatable bonds is 16. The minimum Gasteiger partial charge on any atom is -0.477 e. The fourth-order valence-corrected chi connectivity index (χ4v) is 9.25. The Morgan fingerprint density at radius 1 is 0.483 bits per heavy atom. The van der Waals surface area contributed by atoms with Crippen LogP contribution < -0.4 is 27.7 Å². The van der Waals surface area contributed by atoms with Gasteiger partial charge in [-0.1, -0.05) is 174 Å². The van der Waals surface area contributed by atoms with Crippen molar-refractivity contribution in [3.8, 4) is 0 Å². The van der Waals surface area contributed by atoms with Gasteiger partial charge in [0.25, 0.3) is 11.1 Å². The number of carboxylic acid groups (broad SMARTS) is 1. The number of benzene rings is 7. The van der Waals surface area contributed by atoms with E-state index < -0.39 is 41.4 Å². The second-order valence-corrected chi connectivity index (χ2v) is 19.4. The maximum absolute atomic E-state index is 12.4. The van der Waals surface area contributed by atoms with Crippen LogP contribution in [0, 0.1) is 0 Å². The number of carbonyl (C=O) groups is 6. The SMILES string of the molecule is CCC(=O)c1ccccc1N.CCC(=O)c1ccccc1NC(=O)CC(=O)OCc1ccccc1.CCc1c(C(=O)O)c(=O)[nH]c2ccccc12.CCc1c(C(=O)OCc2ccccc2)c(=O)[nH]c2ccccc12.CCc1cc(=O)[nH]c2ccccc12. The zero-order chi connectivity index (χ0) is 62.8. The number of aromatic nitrogens is 3. The molecule has 0 radical (unpaired) electrons. The van der Waals surface area contributed by atoms with Gasteiger partial charge in [-0.25, -0.2) is 9.59 Å². The highest BCUT2D eigenvalue weighted by Gasteiger charge is 2.21. The number of nitrogens with one attached hydrogen (secondary N) is 4. The van der Waals surface area contributed by atoms with Crippen molar-refractivity contribution >= 4 is 79.5 Å². The molecule has 0 atom stereocenters. The van der Waals surface area contributed by atoms with Crippen molar-refractivity contribution in [3.63, 3.8) is 0 Å². The van der Waals surface area contributed by atoms with Crippen LogP contribution in [0.1, 0.15) is 123 Å². The van der Waals surface area contributed by atoms with E-state index in [1.165, 1.54) is 0 Å². The number of carboxylic acids is 1. The smallest absolute Gasteiger partial charge is 0.344 e. The van der Waals surface area contributed by atoms with Crippen molar-refractivity contribution in [2.24, 2.45) is 0 Å². The summed E-state index contributed by atoms with van der Waals surface area (Å²) in [6.07, 6.45) is 2.44. The minimum absolute atomic E-state index is 0.0180.